The molecular weight excluding hydrogens is 547 g/mol. The molecule has 43 heavy (non-hydrogen) atoms. The fourth-order valence-electron chi connectivity index (χ4n) is 6.28. The SMILES string of the molecule is Cc1ccc(F)c(-c2nc3c(cc2C2CC2)c(N2C[C@@H](C)N(C(=O)O)C[C@@H]2C)nc(=O)n3-c2c(C)ccnc2C(C)C)c1. The van der Waals surface area contributed by atoms with E-state index in [0.29, 0.717) is 40.3 Å². The van der Waals surface area contributed by atoms with Crippen LogP contribution in [0.25, 0.3) is 28.0 Å². The van der Waals surface area contributed by atoms with Crippen molar-refractivity contribution in [1.82, 2.24) is 24.4 Å². The average molecular weight is 585 g/mol. The second-order valence-corrected chi connectivity index (χ2v) is 12.4. The van der Waals surface area contributed by atoms with Gasteiger partial charge in [0.15, 0.2) is 5.65 Å². The van der Waals surface area contributed by atoms with E-state index < -0.39 is 11.8 Å². The third-order valence-electron chi connectivity index (χ3n) is 8.70. The Hall–Kier alpha value is -4.34. The lowest BCUT2D eigenvalue weighted by molar-refractivity contribution is 0.114. The third kappa shape index (κ3) is 5.02. The zero-order valence-electron chi connectivity index (χ0n) is 25.4. The zero-order chi connectivity index (χ0) is 30.7. The highest BCUT2D eigenvalue weighted by atomic mass is 19.1. The third-order valence-corrected chi connectivity index (χ3v) is 8.70. The van der Waals surface area contributed by atoms with Crippen LogP contribution in [-0.4, -0.2) is 60.8 Å². The van der Waals surface area contributed by atoms with Crippen LogP contribution in [0, 0.1) is 19.7 Å². The number of rotatable bonds is 5. The van der Waals surface area contributed by atoms with Crippen molar-refractivity contribution in [3.8, 4) is 16.9 Å². The lowest BCUT2D eigenvalue weighted by Crippen LogP contribution is -2.58. The number of carboxylic acid groups (broad SMARTS) is 1. The summed E-state index contributed by atoms with van der Waals surface area (Å²) in [6.07, 6.45) is 2.71. The molecule has 0 unspecified atom stereocenters. The molecule has 1 aliphatic carbocycles. The molecule has 4 heterocycles. The Labute approximate surface area is 250 Å². The summed E-state index contributed by atoms with van der Waals surface area (Å²) in [5.74, 6) is 0.349. The van der Waals surface area contributed by atoms with Gasteiger partial charge in [-0.3, -0.25) is 4.98 Å². The molecule has 2 aliphatic rings. The molecule has 4 aromatic rings. The van der Waals surface area contributed by atoms with Crippen LogP contribution in [-0.2, 0) is 0 Å². The van der Waals surface area contributed by atoms with E-state index >= 15 is 4.39 Å². The minimum Gasteiger partial charge on any atom is -0.465 e. The van der Waals surface area contributed by atoms with Crippen molar-refractivity contribution in [3.05, 3.63) is 75.2 Å². The van der Waals surface area contributed by atoms with Crippen LogP contribution in [0.4, 0.5) is 15.0 Å². The number of benzene rings is 1. The Kier molecular flexibility index (Phi) is 7.18. The maximum absolute atomic E-state index is 15.4. The van der Waals surface area contributed by atoms with Crippen LogP contribution in [0.3, 0.4) is 0 Å². The Balaban J connectivity index is 1.70. The number of pyridine rings is 2. The zero-order valence-corrected chi connectivity index (χ0v) is 25.4. The number of hydrogen-bond donors (Lipinski definition) is 1. The Morgan fingerprint density at radius 2 is 1.79 bits per heavy atom. The van der Waals surface area contributed by atoms with Crippen molar-refractivity contribution in [1.29, 1.82) is 0 Å². The van der Waals surface area contributed by atoms with E-state index in [1.54, 1.807) is 12.3 Å². The molecule has 1 N–H and O–H groups in total. The summed E-state index contributed by atoms with van der Waals surface area (Å²) in [6, 6.07) is 8.37. The minimum atomic E-state index is -0.969. The minimum absolute atomic E-state index is 0.0147. The van der Waals surface area contributed by atoms with Crippen molar-refractivity contribution in [2.45, 2.75) is 78.3 Å². The van der Waals surface area contributed by atoms with E-state index in [0.717, 1.165) is 35.2 Å². The second-order valence-electron chi connectivity index (χ2n) is 12.4. The van der Waals surface area contributed by atoms with Gasteiger partial charge in [0, 0.05) is 36.9 Å². The quantitative estimate of drug-likeness (QED) is 0.299. The number of halogens is 1. The molecule has 6 rings (SSSR count). The summed E-state index contributed by atoms with van der Waals surface area (Å²) < 4.78 is 17.0. The van der Waals surface area contributed by atoms with Crippen LogP contribution >= 0.6 is 0 Å². The van der Waals surface area contributed by atoms with Gasteiger partial charge in [-0.05, 0) is 87.8 Å². The number of aromatic nitrogens is 4. The molecule has 1 saturated heterocycles. The number of piperazine rings is 1. The first kappa shape index (κ1) is 28.8. The lowest BCUT2D eigenvalue weighted by atomic mass is 9.98. The number of anilines is 1. The highest BCUT2D eigenvalue weighted by Crippen LogP contribution is 2.46. The number of amides is 1. The smallest absolute Gasteiger partial charge is 0.407 e. The summed E-state index contributed by atoms with van der Waals surface area (Å²) in [7, 11) is 0. The summed E-state index contributed by atoms with van der Waals surface area (Å²) in [6.45, 7) is 12.4. The highest BCUT2D eigenvalue weighted by molar-refractivity contribution is 5.92. The summed E-state index contributed by atoms with van der Waals surface area (Å²) in [5, 5.41) is 10.4. The molecule has 0 radical (unpaired) electrons. The molecule has 1 aliphatic heterocycles. The van der Waals surface area contributed by atoms with Crippen molar-refractivity contribution in [3.63, 3.8) is 0 Å². The van der Waals surface area contributed by atoms with Gasteiger partial charge in [-0.1, -0.05) is 25.5 Å². The molecule has 1 aromatic carbocycles. The van der Waals surface area contributed by atoms with Gasteiger partial charge in [0.2, 0.25) is 0 Å². The molecule has 1 amide bonds. The van der Waals surface area contributed by atoms with Gasteiger partial charge in [-0.15, -0.1) is 0 Å². The van der Waals surface area contributed by atoms with E-state index in [1.807, 2.05) is 64.6 Å². The summed E-state index contributed by atoms with van der Waals surface area (Å²) >= 11 is 0. The largest absolute Gasteiger partial charge is 0.465 e. The van der Waals surface area contributed by atoms with Crippen molar-refractivity contribution < 1.29 is 14.3 Å². The Bertz CT molecular complexity index is 1820. The van der Waals surface area contributed by atoms with Gasteiger partial charge in [0.05, 0.1) is 22.5 Å². The molecule has 0 bridgehead atoms. The van der Waals surface area contributed by atoms with Crippen molar-refractivity contribution in [2.75, 3.05) is 18.0 Å². The second kappa shape index (κ2) is 10.7. The maximum Gasteiger partial charge on any atom is 0.407 e. The van der Waals surface area contributed by atoms with Crippen molar-refractivity contribution >= 4 is 22.9 Å². The number of hydrogen-bond acceptors (Lipinski definition) is 6. The number of nitrogens with zero attached hydrogens (tertiary/aromatic N) is 6. The molecule has 10 heteroatoms. The predicted octanol–water partition coefficient (Wildman–Crippen LogP) is 6.18. The monoisotopic (exact) mass is 584 g/mol. The molecule has 224 valence electrons. The van der Waals surface area contributed by atoms with Crippen molar-refractivity contribution in [2.24, 2.45) is 0 Å². The van der Waals surface area contributed by atoms with Crippen LogP contribution in [0.15, 0.2) is 41.3 Å². The Morgan fingerprint density at radius 3 is 2.47 bits per heavy atom. The topological polar surface area (TPSA) is 104 Å². The fourth-order valence-corrected chi connectivity index (χ4v) is 6.28. The van der Waals surface area contributed by atoms with Gasteiger partial charge < -0.3 is 14.9 Å². The van der Waals surface area contributed by atoms with Gasteiger partial charge in [0.25, 0.3) is 0 Å². The van der Waals surface area contributed by atoms with Gasteiger partial charge in [-0.25, -0.2) is 23.5 Å². The van der Waals surface area contributed by atoms with Crippen LogP contribution in [0.2, 0.25) is 0 Å². The highest BCUT2D eigenvalue weighted by Gasteiger charge is 2.36. The van der Waals surface area contributed by atoms with Crippen LogP contribution in [0.1, 0.15) is 74.8 Å². The fraction of sp³-hybridized carbons (Fsp3) is 0.424. The molecule has 2 atom stereocenters. The van der Waals surface area contributed by atoms with E-state index in [1.165, 1.54) is 15.5 Å². The first-order chi connectivity index (χ1) is 20.5. The number of aryl methyl sites for hydroxylation is 2. The van der Waals surface area contributed by atoms with Crippen LogP contribution < -0.4 is 10.6 Å². The summed E-state index contributed by atoms with van der Waals surface area (Å²) in [4.78, 5) is 44.0. The molecule has 1 saturated carbocycles. The van der Waals surface area contributed by atoms with E-state index in [-0.39, 0.29) is 36.3 Å². The lowest BCUT2D eigenvalue weighted by Gasteiger charge is -2.43. The summed E-state index contributed by atoms with van der Waals surface area (Å²) in [5.41, 5.74) is 4.88. The van der Waals surface area contributed by atoms with E-state index in [9.17, 15) is 14.7 Å². The van der Waals surface area contributed by atoms with E-state index in [2.05, 4.69) is 9.97 Å². The Morgan fingerprint density at radius 1 is 1.05 bits per heavy atom. The predicted molar refractivity (Wildman–Crippen MR) is 165 cm³/mol. The average Bonchev–Trinajstić information content (AvgIpc) is 3.80. The standard InChI is InChI=1S/C33H37FN6O3/c1-17(2)27-29(19(4)11-12-35-27)40-31-25(30(37-32(40)41)38-15-21(6)39(33(42)43)16-20(38)5)14-23(22-8-9-22)28(36-31)24-13-18(3)7-10-26(24)34/h7,10-14,17,20-22H,8-9,15-16H2,1-6H3,(H,42,43)/t20-,21+/m0/s1. The van der Waals surface area contributed by atoms with Gasteiger partial charge in [0.1, 0.15) is 11.6 Å². The van der Waals surface area contributed by atoms with Gasteiger partial charge in [-0.2, -0.15) is 4.98 Å². The molecular formula is C33H37FN6O3. The normalized spacial score (nSPS) is 19.0. The maximum atomic E-state index is 15.4. The van der Waals surface area contributed by atoms with E-state index in [4.69, 9.17) is 4.98 Å². The van der Waals surface area contributed by atoms with Gasteiger partial charge >= 0.3 is 11.8 Å². The first-order valence-corrected chi connectivity index (χ1v) is 14.9. The first-order valence-electron chi connectivity index (χ1n) is 14.9. The number of carbonyl (C=O) groups is 1. The van der Waals surface area contributed by atoms with Crippen LogP contribution in [0.5, 0.6) is 0 Å². The molecule has 3 aromatic heterocycles. The molecule has 0 spiro atoms. The number of fused-ring (bicyclic) bond motifs is 1. The molecule has 2 fully saturated rings. The molecule has 9 nitrogen and oxygen atoms in total.